The number of anilines is 1. The molecule has 2 N–H and O–H groups in total. The third-order valence-electron chi connectivity index (χ3n) is 2.41. The highest BCUT2D eigenvalue weighted by Crippen LogP contribution is 2.23. The molecular formula is C13H13N3O. The van der Waals surface area contributed by atoms with Gasteiger partial charge in [-0.05, 0) is 43.0 Å². The number of hydrogen-bond donors (Lipinski definition) is 1. The van der Waals surface area contributed by atoms with Crippen LogP contribution in [0.4, 0.5) is 5.88 Å². The van der Waals surface area contributed by atoms with E-state index in [0.29, 0.717) is 11.8 Å². The first-order chi connectivity index (χ1) is 8.20. The zero-order chi connectivity index (χ0) is 12.3. The molecule has 0 bridgehead atoms. The lowest BCUT2D eigenvalue weighted by atomic mass is 10.0. The van der Waals surface area contributed by atoms with Gasteiger partial charge in [-0.3, -0.25) is 4.99 Å². The molecule has 0 atom stereocenters. The Labute approximate surface area is 99.5 Å². The van der Waals surface area contributed by atoms with Gasteiger partial charge in [0.1, 0.15) is 0 Å². The molecule has 0 saturated carbocycles. The van der Waals surface area contributed by atoms with Crippen LogP contribution in [-0.4, -0.2) is 11.7 Å². The lowest BCUT2D eigenvalue weighted by molar-refractivity contribution is 0.594. The van der Waals surface area contributed by atoms with E-state index in [2.05, 4.69) is 16.7 Å². The molecule has 0 radical (unpaired) electrons. The third kappa shape index (κ3) is 2.42. The standard InChI is InChI=1S/C13H13N3O/c1-9-3-4-11(7-10(9)5-6-15-2)13-16-8-12(14)17-13/h3-8H,2,14H2,1H3/b6-5-. The molecule has 0 aliphatic heterocycles. The van der Waals surface area contributed by atoms with Crippen LogP contribution in [-0.2, 0) is 0 Å². The average molecular weight is 227 g/mol. The van der Waals surface area contributed by atoms with Crippen molar-refractivity contribution in [1.82, 2.24) is 4.98 Å². The molecule has 4 heteroatoms. The highest BCUT2D eigenvalue weighted by Gasteiger charge is 2.06. The highest BCUT2D eigenvalue weighted by molar-refractivity contribution is 5.64. The molecule has 1 aromatic heterocycles. The zero-order valence-corrected chi connectivity index (χ0v) is 9.55. The maximum Gasteiger partial charge on any atom is 0.228 e. The molecule has 17 heavy (non-hydrogen) atoms. The maximum atomic E-state index is 5.50. The number of rotatable bonds is 3. The normalized spacial score (nSPS) is 10.9. The first-order valence-corrected chi connectivity index (χ1v) is 5.15. The van der Waals surface area contributed by atoms with Gasteiger partial charge in [0, 0.05) is 11.8 Å². The second kappa shape index (κ2) is 4.65. The Morgan fingerprint density at radius 2 is 2.29 bits per heavy atom. The fourth-order valence-electron chi connectivity index (χ4n) is 1.51. The fraction of sp³-hybridized carbons (Fsp3) is 0.0769. The van der Waals surface area contributed by atoms with Gasteiger partial charge in [0.25, 0.3) is 0 Å². The van der Waals surface area contributed by atoms with Crippen LogP contribution in [0.25, 0.3) is 17.5 Å². The molecule has 0 fully saturated rings. The minimum absolute atomic E-state index is 0.311. The molecule has 4 nitrogen and oxygen atoms in total. The number of aryl methyl sites for hydroxylation is 1. The number of aliphatic imine (C=N–C) groups is 1. The smallest absolute Gasteiger partial charge is 0.228 e. The molecule has 0 saturated heterocycles. The van der Waals surface area contributed by atoms with E-state index in [1.54, 1.807) is 6.20 Å². The molecule has 1 aromatic carbocycles. The van der Waals surface area contributed by atoms with Crippen LogP contribution in [0, 0.1) is 6.92 Å². The van der Waals surface area contributed by atoms with Crippen molar-refractivity contribution in [3.05, 3.63) is 41.7 Å². The van der Waals surface area contributed by atoms with Crippen LogP contribution >= 0.6 is 0 Å². The monoisotopic (exact) mass is 227 g/mol. The molecule has 86 valence electrons. The van der Waals surface area contributed by atoms with Gasteiger partial charge in [-0.2, -0.15) is 0 Å². The van der Waals surface area contributed by atoms with Crippen LogP contribution in [0.2, 0.25) is 0 Å². The summed E-state index contributed by atoms with van der Waals surface area (Å²) < 4.78 is 5.28. The highest BCUT2D eigenvalue weighted by atomic mass is 16.4. The number of nitrogens with zero attached hydrogens (tertiary/aromatic N) is 2. The Morgan fingerprint density at radius 1 is 1.47 bits per heavy atom. The molecular weight excluding hydrogens is 214 g/mol. The van der Waals surface area contributed by atoms with E-state index in [1.807, 2.05) is 31.2 Å². The van der Waals surface area contributed by atoms with Gasteiger partial charge in [0.2, 0.25) is 11.8 Å². The SMILES string of the molecule is C=N/C=C\c1cc(-c2ncc(N)o2)ccc1C. The van der Waals surface area contributed by atoms with Crippen molar-refractivity contribution in [2.45, 2.75) is 6.92 Å². The first kappa shape index (κ1) is 11.1. The second-order valence-electron chi connectivity index (χ2n) is 3.64. The Kier molecular flexibility index (Phi) is 3.05. The molecule has 0 unspecified atom stereocenters. The summed E-state index contributed by atoms with van der Waals surface area (Å²) in [5.74, 6) is 0.828. The lowest BCUT2D eigenvalue weighted by Gasteiger charge is -2.02. The Balaban J connectivity index is 2.43. The van der Waals surface area contributed by atoms with E-state index in [1.165, 1.54) is 6.20 Å². The Morgan fingerprint density at radius 3 is 2.94 bits per heavy atom. The van der Waals surface area contributed by atoms with E-state index in [-0.39, 0.29) is 0 Å². The summed E-state index contributed by atoms with van der Waals surface area (Å²) in [6, 6.07) is 5.92. The minimum atomic E-state index is 0.311. The lowest BCUT2D eigenvalue weighted by Crippen LogP contribution is -1.84. The quantitative estimate of drug-likeness (QED) is 0.820. The molecule has 0 amide bonds. The van der Waals surface area contributed by atoms with Gasteiger partial charge in [0.05, 0.1) is 6.20 Å². The van der Waals surface area contributed by atoms with Crippen molar-refractivity contribution in [2.24, 2.45) is 4.99 Å². The minimum Gasteiger partial charge on any atom is -0.421 e. The Hall–Kier alpha value is -2.36. The second-order valence-corrected chi connectivity index (χ2v) is 3.64. The summed E-state index contributed by atoms with van der Waals surface area (Å²) >= 11 is 0. The van der Waals surface area contributed by atoms with E-state index in [4.69, 9.17) is 10.2 Å². The van der Waals surface area contributed by atoms with Crippen LogP contribution in [0.5, 0.6) is 0 Å². The molecule has 1 heterocycles. The van der Waals surface area contributed by atoms with E-state index in [0.717, 1.165) is 16.7 Å². The van der Waals surface area contributed by atoms with Crippen LogP contribution in [0.15, 0.2) is 40.0 Å². The number of nitrogens with two attached hydrogens (primary N) is 1. The predicted molar refractivity (Wildman–Crippen MR) is 69.7 cm³/mol. The van der Waals surface area contributed by atoms with Crippen molar-refractivity contribution in [3.63, 3.8) is 0 Å². The molecule has 0 spiro atoms. The maximum absolute atomic E-state index is 5.50. The predicted octanol–water partition coefficient (Wildman–Crippen LogP) is 2.90. The van der Waals surface area contributed by atoms with Crippen LogP contribution in [0.1, 0.15) is 11.1 Å². The van der Waals surface area contributed by atoms with Gasteiger partial charge in [-0.15, -0.1) is 0 Å². The summed E-state index contributed by atoms with van der Waals surface area (Å²) in [5.41, 5.74) is 8.58. The largest absolute Gasteiger partial charge is 0.421 e. The number of benzene rings is 1. The molecule has 0 aliphatic rings. The van der Waals surface area contributed by atoms with E-state index >= 15 is 0 Å². The number of nitrogen functional groups attached to an aromatic ring is 1. The average Bonchev–Trinajstić information content (AvgIpc) is 2.75. The summed E-state index contributed by atoms with van der Waals surface area (Å²) in [4.78, 5) is 7.77. The first-order valence-electron chi connectivity index (χ1n) is 5.15. The third-order valence-corrected chi connectivity index (χ3v) is 2.41. The van der Waals surface area contributed by atoms with Gasteiger partial charge in [-0.1, -0.05) is 6.07 Å². The molecule has 2 aromatic rings. The van der Waals surface area contributed by atoms with Crippen molar-refractivity contribution in [1.29, 1.82) is 0 Å². The van der Waals surface area contributed by atoms with Gasteiger partial charge >= 0.3 is 0 Å². The van der Waals surface area contributed by atoms with Gasteiger partial charge < -0.3 is 10.2 Å². The zero-order valence-electron chi connectivity index (χ0n) is 9.55. The van der Waals surface area contributed by atoms with Gasteiger partial charge in [0.15, 0.2) is 0 Å². The van der Waals surface area contributed by atoms with Crippen LogP contribution in [0.3, 0.4) is 0 Å². The number of aromatic nitrogens is 1. The van der Waals surface area contributed by atoms with E-state index in [9.17, 15) is 0 Å². The molecule has 0 aliphatic carbocycles. The van der Waals surface area contributed by atoms with Crippen molar-refractivity contribution in [2.75, 3.05) is 5.73 Å². The van der Waals surface area contributed by atoms with Crippen LogP contribution < -0.4 is 5.73 Å². The summed E-state index contributed by atoms with van der Waals surface area (Å²) in [6.07, 6.45) is 5.03. The van der Waals surface area contributed by atoms with Crippen molar-refractivity contribution in [3.8, 4) is 11.5 Å². The number of hydrogen-bond acceptors (Lipinski definition) is 4. The van der Waals surface area contributed by atoms with Crippen molar-refractivity contribution < 1.29 is 4.42 Å². The van der Waals surface area contributed by atoms with Crippen molar-refractivity contribution >= 4 is 18.7 Å². The molecule has 2 rings (SSSR count). The summed E-state index contributed by atoms with van der Waals surface area (Å²) in [6.45, 7) is 5.43. The fourth-order valence-corrected chi connectivity index (χ4v) is 1.51. The topological polar surface area (TPSA) is 64.4 Å². The van der Waals surface area contributed by atoms with E-state index < -0.39 is 0 Å². The number of oxazole rings is 1. The van der Waals surface area contributed by atoms with Gasteiger partial charge in [-0.25, -0.2) is 4.98 Å². The summed E-state index contributed by atoms with van der Waals surface area (Å²) in [5, 5.41) is 0. The summed E-state index contributed by atoms with van der Waals surface area (Å²) in [7, 11) is 0. The Bertz CT molecular complexity index is 570.